The second kappa shape index (κ2) is 4.37. The maximum atomic E-state index is 12.7. The average Bonchev–Trinajstić information content (AvgIpc) is 2.22. The van der Waals surface area contributed by atoms with Crippen molar-refractivity contribution in [2.24, 2.45) is 0 Å². The van der Waals surface area contributed by atoms with E-state index < -0.39 is 5.82 Å². The third-order valence-electron chi connectivity index (χ3n) is 1.83. The smallest absolute Gasteiger partial charge is 0.169 e. The summed E-state index contributed by atoms with van der Waals surface area (Å²) in [6, 6.07) is 5.02. The zero-order chi connectivity index (χ0) is 11.5. The van der Waals surface area contributed by atoms with Crippen LogP contribution < -0.4 is 4.74 Å². The standard InChI is InChI=1S/C11H7ClFNO2/c12-7-3-9(6-14-5-7)16-11-2-1-8(13)4-10(11)15/h1-6,15H. The van der Waals surface area contributed by atoms with Crippen LogP contribution in [-0.4, -0.2) is 10.1 Å². The van der Waals surface area contributed by atoms with Gasteiger partial charge >= 0.3 is 0 Å². The predicted octanol–water partition coefficient (Wildman–Crippen LogP) is 3.37. The van der Waals surface area contributed by atoms with Crippen LogP contribution in [0, 0.1) is 5.82 Å². The van der Waals surface area contributed by atoms with Gasteiger partial charge in [-0.3, -0.25) is 4.98 Å². The summed E-state index contributed by atoms with van der Waals surface area (Å²) in [7, 11) is 0. The van der Waals surface area contributed by atoms with Gasteiger partial charge in [0, 0.05) is 18.3 Å². The van der Waals surface area contributed by atoms with Crippen molar-refractivity contribution in [3.05, 3.63) is 47.5 Å². The van der Waals surface area contributed by atoms with Crippen LogP contribution in [0.2, 0.25) is 5.02 Å². The quantitative estimate of drug-likeness (QED) is 0.874. The van der Waals surface area contributed by atoms with Gasteiger partial charge in [0.2, 0.25) is 0 Å². The van der Waals surface area contributed by atoms with Gasteiger partial charge in [-0.25, -0.2) is 4.39 Å². The van der Waals surface area contributed by atoms with Gasteiger partial charge in [-0.15, -0.1) is 0 Å². The highest BCUT2D eigenvalue weighted by atomic mass is 35.5. The van der Waals surface area contributed by atoms with Gasteiger partial charge in [0.15, 0.2) is 11.5 Å². The first-order valence-corrected chi connectivity index (χ1v) is 4.80. The molecular formula is C11H7ClFNO2. The average molecular weight is 240 g/mol. The highest BCUT2D eigenvalue weighted by Crippen LogP contribution is 2.31. The number of nitrogens with zero attached hydrogens (tertiary/aromatic N) is 1. The molecule has 0 atom stereocenters. The molecule has 2 aromatic rings. The number of aromatic nitrogens is 1. The molecule has 1 N–H and O–H groups in total. The second-order valence-corrected chi connectivity index (χ2v) is 3.49. The summed E-state index contributed by atoms with van der Waals surface area (Å²) in [6.07, 6.45) is 2.90. The third kappa shape index (κ3) is 2.41. The third-order valence-corrected chi connectivity index (χ3v) is 2.04. The lowest BCUT2D eigenvalue weighted by Gasteiger charge is -2.06. The van der Waals surface area contributed by atoms with Crippen molar-refractivity contribution in [1.29, 1.82) is 0 Å². The van der Waals surface area contributed by atoms with E-state index in [0.717, 1.165) is 6.07 Å². The zero-order valence-electron chi connectivity index (χ0n) is 8.02. The highest BCUT2D eigenvalue weighted by molar-refractivity contribution is 6.30. The number of phenolic OH excluding ortho intramolecular Hbond substituents is 1. The number of halogens is 2. The number of aromatic hydroxyl groups is 1. The van der Waals surface area contributed by atoms with E-state index in [0.29, 0.717) is 10.8 Å². The molecule has 0 spiro atoms. The number of pyridine rings is 1. The lowest BCUT2D eigenvalue weighted by Crippen LogP contribution is -1.86. The van der Waals surface area contributed by atoms with Crippen molar-refractivity contribution in [1.82, 2.24) is 4.98 Å². The molecule has 0 bridgehead atoms. The van der Waals surface area contributed by atoms with Gasteiger partial charge in [0.05, 0.1) is 11.2 Å². The van der Waals surface area contributed by atoms with Gasteiger partial charge in [-0.1, -0.05) is 11.6 Å². The molecule has 1 aromatic carbocycles. The summed E-state index contributed by atoms with van der Waals surface area (Å²) in [4.78, 5) is 3.81. The molecule has 1 aromatic heterocycles. The Morgan fingerprint density at radius 1 is 1.25 bits per heavy atom. The Labute approximate surface area is 96.1 Å². The molecule has 0 saturated carbocycles. The summed E-state index contributed by atoms with van der Waals surface area (Å²) < 4.78 is 18.0. The van der Waals surface area contributed by atoms with E-state index in [1.165, 1.54) is 30.6 Å². The first kappa shape index (κ1) is 10.7. The van der Waals surface area contributed by atoms with Crippen molar-refractivity contribution >= 4 is 11.6 Å². The molecule has 0 amide bonds. The minimum absolute atomic E-state index is 0.144. The van der Waals surface area contributed by atoms with E-state index in [9.17, 15) is 9.50 Å². The molecule has 0 unspecified atom stereocenters. The second-order valence-electron chi connectivity index (χ2n) is 3.05. The number of rotatable bonds is 2. The Bertz CT molecular complexity index is 519. The summed E-state index contributed by atoms with van der Waals surface area (Å²) in [6.45, 7) is 0. The fourth-order valence-electron chi connectivity index (χ4n) is 1.15. The molecule has 0 radical (unpaired) electrons. The van der Waals surface area contributed by atoms with Crippen molar-refractivity contribution in [2.75, 3.05) is 0 Å². The van der Waals surface area contributed by atoms with Gasteiger partial charge in [-0.05, 0) is 12.1 Å². The molecule has 2 rings (SSSR count). The van der Waals surface area contributed by atoms with E-state index >= 15 is 0 Å². The lowest BCUT2D eigenvalue weighted by atomic mass is 10.3. The monoisotopic (exact) mass is 239 g/mol. The van der Waals surface area contributed by atoms with Crippen molar-refractivity contribution < 1.29 is 14.2 Å². The fraction of sp³-hybridized carbons (Fsp3) is 0. The molecule has 0 aliphatic rings. The summed E-state index contributed by atoms with van der Waals surface area (Å²) in [5.74, 6) is -0.297. The molecule has 82 valence electrons. The largest absolute Gasteiger partial charge is 0.504 e. The van der Waals surface area contributed by atoms with Crippen LogP contribution in [-0.2, 0) is 0 Å². The Hall–Kier alpha value is -1.81. The van der Waals surface area contributed by atoms with E-state index in [1.807, 2.05) is 0 Å². The number of hydrogen-bond acceptors (Lipinski definition) is 3. The topological polar surface area (TPSA) is 42.4 Å². The molecule has 0 saturated heterocycles. The molecule has 0 aliphatic heterocycles. The first-order valence-electron chi connectivity index (χ1n) is 4.42. The summed E-state index contributed by atoms with van der Waals surface area (Å²) in [5.41, 5.74) is 0. The van der Waals surface area contributed by atoms with Crippen molar-refractivity contribution in [2.45, 2.75) is 0 Å². The summed E-state index contributed by atoms with van der Waals surface area (Å²) >= 11 is 5.71. The van der Waals surface area contributed by atoms with Crippen LogP contribution >= 0.6 is 11.6 Å². The van der Waals surface area contributed by atoms with Gasteiger partial charge in [0.1, 0.15) is 11.6 Å². The predicted molar refractivity (Wildman–Crippen MR) is 57.4 cm³/mol. The summed E-state index contributed by atoms with van der Waals surface area (Å²) in [5, 5.41) is 9.82. The fourth-order valence-corrected chi connectivity index (χ4v) is 1.32. The molecule has 1 heterocycles. The van der Waals surface area contributed by atoms with E-state index in [1.54, 1.807) is 0 Å². The molecule has 3 nitrogen and oxygen atoms in total. The van der Waals surface area contributed by atoms with E-state index in [4.69, 9.17) is 16.3 Å². The molecule has 0 aliphatic carbocycles. The molecule has 0 fully saturated rings. The van der Waals surface area contributed by atoms with Crippen LogP contribution in [0.3, 0.4) is 0 Å². The van der Waals surface area contributed by atoms with Crippen LogP contribution in [0.4, 0.5) is 4.39 Å². The van der Waals surface area contributed by atoms with Gasteiger partial charge in [-0.2, -0.15) is 0 Å². The Morgan fingerprint density at radius 3 is 2.75 bits per heavy atom. The number of benzene rings is 1. The van der Waals surface area contributed by atoms with Crippen molar-refractivity contribution in [3.8, 4) is 17.2 Å². The Morgan fingerprint density at radius 2 is 2.06 bits per heavy atom. The lowest BCUT2D eigenvalue weighted by molar-refractivity contribution is 0.406. The van der Waals surface area contributed by atoms with E-state index in [2.05, 4.69) is 4.98 Å². The molecular weight excluding hydrogens is 233 g/mol. The van der Waals surface area contributed by atoms with Gasteiger partial charge in [0.25, 0.3) is 0 Å². The maximum absolute atomic E-state index is 12.7. The van der Waals surface area contributed by atoms with Crippen LogP contribution in [0.5, 0.6) is 17.2 Å². The number of ether oxygens (including phenoxy) is 1. The normalized spacial score (nSPS) is 10.1. The van der Waals surface area contributed by atoms with E-state index in [-0.39, 0.29) is 11.5 Å². The minimum atomic E-state index is -0.533. The highest BCUT2D eigenvalue weighted by Gasteiger charge is 2.05. The number of hydrogen-bond donors (Lipinski definition) is 1. The zero-order valence-corrected chi connectivity index (χ0v) is 8.78. The van der Waals surface area contributed by atoms with Crippen molar-refractivity contribution in [3.63, 3.8) is 0 Å². The Kier molecular flexibility index (Phi) is 2.92. The van der Waals surface area contributed by atoms with Gasteiger partial charge < -0.3 is 9.84 Å². The number of phenols is 1. The van der Waals surface area contributed by atoms with Crippen LogP contribution in [0.25, 0.3) is 0 Å². The molecule has 16 heavy (non-hydrogen) atoms. The maximum Gasteiger partial charge on any atom is 0.169 e. The minimum Gasteiger partial charge on any atom is -0.504 e. The van der Waals surface area contributed by atoms with Crippen LogP contribution in [0.1, 0.15) is 0 Å². The Balaban J connectivity index is 2.27. The first-order chi connectivity index (χ1) is 7.65. The SMILES string of the molecule is Oc1cc(F)ccc1Oc1cncc(Cl)c1. The van der Waals surface area contributed by atoms with Crippen LogP contribution in [0.15, 0.2) is 36.7 Å². The molecule has 5 heteroatoms.